The van der Waals surface area contributed by atoms with Crippen molar-refractivity contribution in [1.29, 1.82) is 0 Å². The SMILES string of the molecule is O=C(Nc1ccccc1SC1CCCC1)C1CCN(C(=O)c2ccsc2)CC1. The van der Waals surface area contributed by atoms with Crippen LogP contribution in [0, 0.1) is 5.92 Å². The van der Waals surface area contributed by atoms with Crippen LogP contribution in [0.4, 0.5) is 5.69 Å². The Morgan fingerprint density at radius 1 is 1.04 bits per heavy atom. The maximum atomic E-state index is 12.8. The predicted molar refractivity (Wildman–Crippen MR) is 116 cm³/mol. The Balaban J connectivity index is 1.33. The highest BCUT2D eigenvalue weighted by Crippen LogP contribution is 2.38. The molecular weight excluding hydrogens is 388 g/mol. The number of para-hydroxylation sites is 1. The van der Waals surface area contributed by atoms with Crippen LogP contribution in [0.15, 0.2) is 46.0 Å². The van der Waals surface area contributed by atoms with Gasteiger partial charge in [0.15, 0.2) is 0 Å². The second-order valence-corrected chi connectivity index (χ2v) is 9.71. The Morgan fingerprint density at radius 2 is 1.79 bits per heavy atom. The van der Waals surface area contributed by atoms with Gasteiger partial charge in [0.2, 0.25) is 5.91 Å². The molecule has 0 bridgehead atoms. The standard InChI is InChI=1S/C22H26N2O2S2/c25-21(16-9-12-24(13-10-16)22(26)17-11-14-27-15-17)23-19-7-3-4-8-20(19)28-18-5-1-2-6-18/h3-4,7-8,11,14-16,18H,1-2,5-6,9-10,12-13H2,(H,23,25). The molecule has 4 rings (SSSR count). The minimum atomic E-state index is -0.0314. The summed E-state index contributed by atoms with van der Waals surface area (Å²) in [6.45, 7) is 1.29. The quantitative estimate of drug-likeness (QED) is 0.725. The number of rotatable bonds is 5. The molecule has 2 heterocycles. The number of piperidine rings is 1. The van der Waals surface area contributed by atoms with Gasteiger partial charge in [-0.15, -0.1) is 11.8 Å². The third-order valence-corrected chi connectivity index (χ3v) is 7.76. The van der Waals surface area contributed by atoms with Crippen LogP contribution in [0.25, 0.3) is 0 Å². The van der Waals surface area contributed by atoms with Crippen molar-refractivity contribution < 1.29 is 9.59 Å². The van der Waals surface area contributed by atoms with Crippen LogP contribution in [-0.4, -0.2) is 35.1 Å². The largest absolute Gasteiger partial charge is 0.339 e. The molecule has 1 aliphatic heterocycles. The molecule has 0 spiro atoms. The molecule has 2 amide bonds. The third kappa shape index (κ3) is 4.61. The molecular formula is C22H26N2O2S2. The highest BCUT2D eigenvalue weighted by molar-refractivity contribution is 8.00. The smallest absolute Gasteiger partial charge is 0.254 e. The van der Waals surface area contributed by atoms with Crippen LogP contribution in [0.3, 0.4) is 0 Å². The Kier molecular flexibility index (Phi) is 6.37. The van der Waals surface area contributed by atoms with Gasteiger partial charge in [-0.1, -0.05) is 25.0 Å². The Labute approximate surface area is 174 Å². The molecule has 6 heteroatoms. The van der Waals surface area contributed by atoms with E-state index < -0.39 is 0 Å². The minimum absolute atomic E-state index is 0.0314. The summed E-state index contributed by atoms with van der Waals surface area (Å²) in [6, 6.07) is 10.0. The Morgan fingerprint density at radius 3 is 2.50 bits per heavy atom. The van der Waals surface area contributed by atoms with Gasteiger partial charge >= 0.3 is 0 Å². The van der Waals surface area contributed by atoms with Gasteiger partial charge in [-0.25, -0.2) is 0 Å². The van der Waals surface area contributed by atoms with Crippen molar-refractivity contribution in [3.8, 4) is 0 Å². The van der Waals surface area contributed by atoms with Crippen LogP contribution in [0.5, 0.6) is 0 Å². The molecule has 1 aliphatic carbocycles. The third-order valence-electron chi connectivity index (χ3n) is 5.66. The number of carbonyl (C=O) groups is 2. The molecule has 0 atom stereocenters. The monoisotopic (exact) mass is 414 g/mol. The van der Waals surface area contributed by atoms with Crippen molar-refractivity contribution in [2.45, 2.75) is 48.7 Å². The molecule has 0 unspecified atom stereocenters. The van der Waals surface area contributed by atoms with Gasteiger partial charge in [-0.2, -0.15) is 11.3 Å². The molecule has 1 aromatic carbocycles. The molecule has 148 valence electrons. The van der Waals surface area contributed by atoms with Crippen molar-refractivity contribution in [3.05, 3.63) is 46.7 Å². The van der Waals surface area contributed by atoms with Gasteiger partial charge < -0.3 is 10.2 Å². The number of amides is 2. The van der Waals surface area contributed by atoms with Crippen molar-refractivity contribution in [2.24, 2.45) is 5.92 Å². The number of hydrogen-bond donors (Lipinski definition) is 1. The van der Waals surface area contributed by atoms with Crippen LogP contribution in [-0.2, 0) is 4.79 Å². The maximum Gasteiger partial charge on any atom is 0.254 e. The summed E-state index contributed by atoms with van der Waals surface area (Å²) >= 11 is 3.44. The first-order valence-corrected chi connectivity index (χ1v) is 11.9. The molecule has 0 radical (unpaired) electrons. The second kappa shape index (κ2) is 9.14. The van der Waals surface area contributed by atoms with E-state index in [9.17, 15) is 9.59 Å². The van der Waals surface area contributed by atoms with Crippen molar-refractivity contribution in [1.82, 2.24) is 4.90 Å². The number of nitrogens with one attached hydrogen (secondary N) is 1. The summed E-state index contributed by atoms with van der Waals surface area (Å²) in [5.74, 6) is 0.136. The molecule has 28 heavy (non-hydrogen) atoms. The number of nitrogens with zero attached hydrogens (tertiary/aromatic N) is 1. The fourth-order valence-corrected chi connectivity index (χ4v) is 5.97. The first-order valence-electron chi connectivity index (χ1n) is 10.1. The molecule has 2 aromatic rings. The van der Waals surface area contributed by atoms with E-state index in [0.29, 0.717) is 18.3 Å². The predicted octanol–water partition coefficient (Wildman–Crippen LogP) is 5.27. The molecule has 2 fully saturated rings. The van der Waals surface area contributed by atoms with Crippen molar-refractivity contribution in [2.75, 3.05) is 18.4 Å². The lowest BCUT2D eigenvalue weighted by Gasteiger charge is -2.31. The van der Waals surface area contributed by atoms with E-state index in [1.807, 2.05) is 51.7 Å². The Bertz CT molecular complexity index is 808. The lowest BCUT2D eigenvalue weighted by Crippen LogP contribution is -2.41. The molecule has 2 aliphatic rings. The van der Waals surface area contributed by atoms with Gasteiger partial charge in [0.1, 0.15) is 0 Å². The lowest BCUT2D eigenvalue weighted by molar-refractivity contribution is -0.121. The molecule has 1 N–H and O–H groups in total. The molecule has 1 saturated heterocycles. The van der Waals surface area contributed by atoms with Crippen LogP contribution >= 0.6 is 23.1 Å². The van der Waals surface area contributed by atoms with E-state index in [-0.39, 0.29) is 17.7 Å². The average molecular weight is 415 g/mol. The normalized spacial score (nSPS) is 18.4. The number of hydrogen-bond acceptors (Lipinski definition) is 4. The summed E-state index contributed by atoms with van der Waals surface area (Å²) < 4.78 is 0. The van der Waals surface area contributed by atoms with E-state index in [2.05, 4.69) is 11.4 Å². The number of anilines is 1. The zero-order valence-corrected chi connectivity index (χ0v) is 17.6. The van der Waals surface area contributed by atoms with E-state index in [1.165, 1.54) is 41.9 Å². The van der Waals surface area contributed by atoms with E-state index in [0.717, 1.165) is 24.1 Å². The topological polar surface area (TPSA) is 49.4 Å². The van der Waals surface area contributed by atoms with Crippen LogP contribution in [0.2, 0.25) is 0 Å². The van der Waals surface area contributed by atoms with E-state index in [4.69, 9.17) is 0 Å². The van der Waals surface area contributed by atoms with Gasteiger partial charge in [0, 0.05) is 34.5 Å². The van der Waals surface area contributed by atoms with Crippen molar-refractivity contribution in [3.63, 3.8) is 0 Å². The number of carbonyl (C=O) groups excluding carboxylic acids is 2. The summed E-state index contributed by atoms with van der Waals surface area (Å²) in [5.41, 5.74) is 1.69. The van der Waals surface area contributed by atoms with E-state index in [1.54, 1.807) is 0 Å². The zero-order chi connectivity index (χ0) is 19.3. The molecule has 1 saturated carbocycles. The van der Waals surface area contributed by atoms with Crippen LogP contribution in [0.1, 0.15) is 48.9 Å². The summed E-state index contributed by atoms with van der Waals surface area (Å²) in [4.78, 5) is 28.4. The fraction of sp³-hybridized carbons (Fsp3) is 0.455. The van der Waals surface area contributed by atoms with Gasteiger partial charge in [-0.3, -0.25) is 9.59 Å². The molecule has 1 aromatic heterocycles. The number of thiophene rings is 1. The first kappa shape index (κ1) is 19.5. The zero-order valence-electron chi connectivity index (χ0n) is 15.9. The summed E-state index contributed by atoms with van der Waals surface area (Å²) in [5, 5.41) is 7.65. The number of likely N-dealkylation sites (tertiary alicyclic amines) is 1. The average Bonchev–Trinajstić information content (AvgIpc) is 3.43. The molecule has 4 nitrogen and oxygen atoms in total. The minimum Gasteiger partial charge on any atom is -0.339 e. The van der Waals surface area contributed by atoms with Crippen molar-refractivity contribution >= 4 is 40.6 Å². The first-order chi connectivity index (χ1) is 13.7. The summed E-state index contributed by atoms with van der Waals surface area (Å²) in [7, 11) is 0. The van der Waals surface area contributed by atoms with Gasteiger partial charge in [0.25, 0.3) is 5.91 Å². The summed E-state index contributed by atoms with van der Waals surface area (Å²) in [6.07, 6.45) is 6.61. The second-order valence-electron chi connectivity index (χ2n) is 7.59. The Hall–Kier alpha value is -1.79. The maximum absolute atomic E-state index is 12.8. The highest BCUT2D eigenvalue weighted by Gasteiger charge is 2.28. The van der Waals surface area contributed by atoms with E-state index >= 15 is 0 Å². The van der Waals surface area contributed by atoms with Crippen LogP contribution < -0.4 is 5.32 Å². The van der Waals surface area contributed by atoms with Gasteiger partial charge in [0.05, 0.1) is 11.3 Å². The number of benzene rings is 1. The number of thioether (sulfide) groups is 1. The lowest BCUT2D eigenvalue weighted by atomic mass is 9.95. The highest BCUT2D eigenvalue weighted by atomic mass is 32.2. The van der Waals surface area contributed by atoms with Gasteiger partial charge in [-0.05, 0) is 49.3 Å². The fourth-order valence-electron chi connectivity index (χ4n) is 4.01.